The molecule has 0 saturated carbocycles. The zero-order valence-electron chi connectivity index (χ0n) is 3.85. The van der Waals surface area contributed by atoms with Gasteiger partial charge in [-0.3, -0.25) is 0 Å². The summed E-state index contributed by atoms with van der Waals surface area (Å²) in [6, 6.07) is 0. The van der Waals surface area contributed by atoms with Crippen LogP contribution >= 0.6 is 0 Å². The largest absolute Gasteiger partial charge is 0.330 e. The lowest BCUT2D eigenvalue weighted by Gasteiger charge is -1.90. The van der Waals surface area contributed by atoms with Gasteiger partial charge < -0.3 is 10.5 Å². The molecule has 0 aliphatic heterocycles. The van der Waals surface area contributed by atoms with Crippen molar-refractivity contribution in [1.29, 1.82) is 0 Å². The average Bonchev–Trinajstić information content (AvgIpc) is 1.65. The van der Waals surface area contributed by atoms with Crippen LogP contribution < -0.4 is 5.73 Å². The van der Waals surface area contributed by atoms with E-state index in [0.717, 1.165) is 6.29 Å². The first-order chi connectivity index (χ1) is 2.81. The second-order valence-corrected chi connectivity index (χ2v) is 1.35. The first kappa shape index (κ1) is 5.63. The Morgan fingerprint density at radius 2 is 2.50 bits per heavy atom. The summed E-state index contributed by atoms with van der Waals surface area (Å²) in [6.45, 7) is 2.25. The molecule has 2 N–H and O–H groups in total. The third kappa shape index (κ3) is 1.91. The maximum Gasteiger partial charge on any atom is 0.124 e. The Kier molecular flexibility index (Phi) is 2.67. The van der Waals surface area contributed by atoms with Crippen molar-refractivity contribution >= 4 is 6.29 Å². The molecule has 0 bridgehead atoms. The van der Waals surface area contributed by atoms with Crippen molar-refractivity contribution in [3.63, 3.8) is 0 Å². The van der Waals surface area contributed by atoms with Crippen molar-refractivity contribution in [3.05, 3.63) is 0 Å². The fourth-order valence-corrected chi connectivity index (χ4v) is 0.0556. The fourth-order valence-electron chi connectivity index (χ4n) is 0.0556. The number of aldehydes is 1. The van der Waals surface area contributed by atoms with Crippen LogP contribution in [0.15, 0.2) is 0 Å². The highest BCUT2D eigenvalue weighted by atomic mass is 16.1. The fraction of sp³-hybridized carbons (Fsp3) is 0.750. The Balaban J connectivity index is 2.96. The van der Waals surface area contributed by atoms with Crippen molar-refractivity contribution in [3.8, 4) is 0 Å². The summed E-state index contributed by atoms with van der Waals surface area (Å²) < 4.78 is 0. The van der Waals surface area contributed by atoms with Gasteiger partial charge >= 0.3 is 0 Å². The van der Waals surface area contributed by atoms with Crippen LogP contribution in [0.25, 0.3) is 0 Å². The van der Waals surface area contributed by atoms with E-state index in [1.54, 1.807) is 6.92 Å². The van der Waals surface area contributed by atoms with E-state index in [9.17, 15) is 4.79 Å². The highest BCUT2D eigenvalue weighted by Crippen LogP contribution is 1.78. The summed E-state index contributed by atoms with van der Waals surface area (Å²) in [4.78, 5) is 9.66. The number of hydrogen-bond donors (Lipinski definition) is 1. The van der Waals surface area contributed by atoms with Crippen LogP contribution in [-0.2, 0) is 4.79 Å². The number of hydrogen-bond acceptors (Lipinski definition) is 2. The lowest BCUT2D eigenvalue weighted by molar-refractivity contribution is -0.110. The van der Waals surface area contributed by atoms with E-state index in [0.29, 0.717) is 6.54 Å². The zero-order chi connectivity index (χ0) is 4.99. The van der Waals surface area contributed by atoms with Crippen molar-refractivity contribution < 1.29 is 4.79 Å². The number of carbonyl (C=O) groups excluding carboxylic acids is 1. The van der Waals surface area contributed by atoms with Crippen LogP contribution in [-0.4, -0.2) is 12.8 Å². The van der Waals surface area contributed by atoms with Crippen molar-refractivity contribution in [2.24, 2.45) is 11.7 Å². The van der Waals surface area contributed by atoms with Gasteiger partial charge in [0.15, 0.2) is 0 Å². The Bertz CT molecular complexity index is 44.8. The Labute approximate surface area is 37.3 Å². The second kappa shape index (κ2) is 2.85. The number of nitrogens with two attached hydrogens (primary N) is 1. The van der Waals surface area contributed by atoms with Gasteiger partial charge in [0.2, 0.25) is 0 Å². The summed E-state index contributed by atoms with van der Waals surface area (Å²) >= 11 is 0. The first-order valence-corrected chi connectivity index (χ1v) is 1.96. The van der Waals surface area contributed by atoms with Gasteiger partial charge in [0, 0.05) is 12.5 Å². The molecular weight excluding hydrogens is 78.1 g/mol. The van der Waals surface area contributed by atoms with Crippen molar-refractivity contribution in [2.45, 2.75) is 6.92 Å². The number of carbonyl (C=O) groups is 1. The van der Waals surface area contributed by atoms with Crippen LogP contribution in [0.5, 0.6) is 0 Å². The minimum Gasteiger partial charge on any atom is -0.330 e. The molecule has 0 fully saturated rings. The summed E-state index contributed by atoms with van der Waals surface area (Å²) in [6.07, 6.45) is 0.847. The van der Waals surface area contributed by atoms with Gasteiger partial charge in [0.1, 0.15) is 6.29 Å². The zero-order valence-corrected chi connectivity index (χ0v) is 3.85. The van der Waals surface area contributed by atoms with Crippen molar-refractivity contribution in [1.82, 2.24) is 0 Å². The van der Waals surface area contributed by atoms with E-state index >= 15 is 0 Å². The molecule has 0 rings (SSSR count). The molecule has 0 aromatic carbocycles. The van der Waals surface area contributed by atoms with Crippen LogP contribution in [0.1, 0.15) is 6.92 Å². The van der Waals surface area contributed by atoms with Gasteiger partial charge in [-0.1, -0.05) is 6.92 Å². The highest BCUT2D eigenvalue weighted by molar-refractivity contribution is 5.52. The molecule has 1 unspecified atom stereocenters. The topological polar surface area (TPSA) is 43.1 Å². The molecule has 0 radical (unpaired) electrons. The van der Waals surface area contributed by atoms with E-state index in [1.165, 1.54) is 0 Å². The molecular formula is C4H9NO. The molecule has 36 valence electrons. The molecule has 0 saturated heterocycles. The molecule has 2 heteroatoms. The van der Waals surface area contributed by atoms with Crippen LogP contribution in [0, 0.1) is 5.92 Å². The molecule has 0 spiro atoms. The molecule has 2 nitrogen and oxygen atoms in total. The Morgan fingerprint density at radius 1 is 2.00 bits per heavy atom. The van der Waals surface area contributed by atoms with Crippen LogP contribution in [0.2, 0.25) is 0 Å². The van der Waals surface area contributed by atoms with Crippen LogP contribution in [0.3, 0.4) is 0 Å². The molecule has 0 amide bonds. The van der Waals surface area contributed by atoms with E-state index in [4.69, 9.17) is 5.73 Å². The maximum atomic E-state index is 9.66. The monoisotopic (exact) mass is 87.1 g/mol. The molecule has 0 aliphatic carbocycles. The Morgan fingerprint density at radius 3 is 2.50 bits per heavy atom. The maximum absolute atomic E-state index is 9.66. The summed E-state index contributed by atoms with van der Waals surface area (Å²) in [5, 5.41) is 0. The van der Waals surface area contributed by atoms with Crippen molar-refractivity contribution in [2.75, 3.05) is 6.54 Å². The lowest BCUT2D eigenvalue weighted by Crippen LogP contribution is -2.10. The highest BCUT2D eigenvalue weighted by Gasteiger charge is 1.89. The predicted molar refractivity (Wildman–Crippen MR) is 24.3 cm³/mol. The second-order valence-electron chi connectivity index (χ2n) is 1.35. The Hall–Kier alpha value is -0.370. The molecule has 0 aliphatic rings. The van der Waals surface area contributed by atoms with Gasteiger partial charge in [-0.05, 0) is 0 Å². The van der Waals surface area contributed by atoms with E-state index in [-0.39, 0.29) is 5.92 Å². The normalized spacial score (nSPS) is 13.7. The predicted octanol–water partition coefficient (Wildman–Crippen LogP) is -0.220. The minimum atomic E-state index is 0.0324. The number of rotatable bonds is 2. The molecule has 1 atom stereocenters. The molecule has 0 aromatic rings. The van der Waals surface area contributed by atoms with Gasteiger partial charge in [0.05, 0.1) is 0 Å². The standard InChI is InChI=1S/C4H9NO/c1-4(2-5)3-6/h3-4H,2,5H2,1H3. The quantitative estimate of drug-likeness (QED) is 0.473. The van der Waals surface area contributed by atoms with Gasteiger partial charge in [-0.15, -0.1) is 0 Å². The molecule has 0 heterocycles. The molecule has 0 aromatic heterocycles. The third-order valence-corrected chi connectivity index (χ3v) is 0.604. The molecule has 6 heavy (non-hydrogen) atoms. The van der Waals surface area contributed by atoms with E-state index < -0.39 is 0 Å². The van der Waals surface area contributed by atoms with Gasteiger partial charge in [-0.25, -0.2) is 0 Å². The van der Waals surface area contributed by atoms with Crippen LogP contribution in [0.4, 0.5) is 0 Å². The third-order valence-electron chi connectivity index (χ3n) is 0.604. The average molecular weight is 87.1 g/mol. The summed E-state index contributed by atoms with van der Waals surface area (Å²) in [5.41, 5.74) is 5.05. The smallest absolute Gasteiger partial charge is 0.124 e. The SMILES string of the molecule is CC(C=O)CN. The first-order valence-electron chi connectivity index (χ1n) is 1.96. The van der Waals surface area contributed by atoms with Gasteiger partial charge in [-0.2, -0.15) is 0 Å². The summed E-state index contributed by atoms with van der Waals surface area (Å²) in [5.74, 6) is 0.0324. The summed E-state index contributed by atoms with van der Waals surface area (Å²) in [7, 11) is 0. The van der Waals surface area contributed by atoms with E-state index in [1.807, 2.05) is 0 Å². The minimum absolute atomic E-state index is 0.0324. The lowest BCUT2D eigenvalue weighted by atomic mass is 10.2. The van der Waals surface area contributed by atoms with Gasteiger partial charge in [0.25, 0.3) is 0 Å². The van der Waals surface area contributed by atoms with E-state index in [2.05, 4.69) is 0 Å².